The molecule has 1 atom stereocenters. The van der Waals surface area contributed by atoms with E-state index in [1.807, 2.05) is 42.5 Å². The average molecular weight is 507 g/mol. The van der Waals surface area contributed by atoms with Crippen molar-refractivity contribution in [2.24, 2.45) is 0 Å². The number of para-hydroxylation sites is 2. The molecule has 3 aromatic rings. The maximum atomic E-state index is 13.3. The van der Waals surface area contributed by atoms with Crippen LogP contribution in [0.3, 0.4) is 0 Å². The van der Waals surface area contributed by atoms with Crippen molar-refractivity contribution < 1.29 is 23.9 Å². The number of hydrogen-bond acceptors (Lipinski definition) is 6. The van der Waals surface area contributed by atoms with Crippen LogP contribution in [0.15, 0.2) is 42.5 Å². The maximum absolute atomic E-state index is 13.3. The molecule has 1 unspecified atom stereocenters. The molecule has 2 heterocycles. The standard InChI is InChI=1S/C28H34N4O5/c1-28(2,3)37-27(35)32-22-14-13-18(9-8-12-24-29-20-10-6-7-11-21(20)30-24)15-19(22)17-31(4)26(34)23(32)16-25(33)36-5/h6-7,10-11,13-15,23H,8-9,12,16-17H2,1-5H3,(H,29,30). The van der Waals surface area contributed by atoms with Crippen LogP contribution in [0.4, 0.5) is 10.5 Å². The van der Waals surface area contributed by atoms with Crippen LogP contribution in [0.2, 0.25) is 0 Å². The number of nitrogens with zero attached hydrogens (tertiary/aromatic N) is 3. The highest BCUT2D eigenvalue weighted by atomic mass is 16.6. The molecular formula is C28H34N4O5. The molecule has 2 aromatic carbocycles. The molecule has 0 radical (unpaired) electrons. The minimum absolute atomic E-state index is 0.266. The van der Waals surface area contributed by atoms with Gasteiger partial charge in [0, 0.05) is 20.0 Å². The lowest BCUT2D eigenvalue weighted by molar-refractivity contribution is -0.144. The van der Waals surface area contributed by atoms with Gasteiger partial charge in [-0.05, 0) is 62.9 Å². The zero-order valence-corrected chi connectivity index (χ0v) is 22.0. The molecule has 0 saturated heterocycles. The van der Waals surface area contributed by atoms with Crippen LogP contribution in [0.1, 0.15) is 50.6 Å². The lowest BCUT2D eigenvalue weighted by atomic mass is 10.0. The fraction of sp³-hybridized carbons (Fsp3) is 0.429. The van der Waals surface area contributed by atoms with Crippen LogP contribution in [0.5, 0.6) is 0 Å². The molecule has 0 spiro atoms. The van der Waals surface area contributed by atoms with E-state index in [9.17, 15) is 14.4 Å². The van der Waals surface area contributed by atoms with Crippen LogP contribution in [-0.2, 0) is 38.4 Å². The summed E-state index contributed by atoms with van der Waals surface area (Å²) in [5.41, 5.74) is 3.67. The maximum Gasteiger partial charge on any atom is 0.415 e. The lowest BCUT2D eigenvalue weighted by Gasteiger charge is -2.32. The van der Waals surface area contributed by atoms with E-state index in [2.05, 4.69) is 9.97 Å². The normalized spacial score (nSPS) is 15.9. The smallest absolute Gasteiger partial charge is 0.415 e. The van der Waals surface area contributed by atoms with E-state index in [0.29, 0.717) is 12.2 Å². The fourth-order valence-electron chi connectivity index (χ4n) is 4.56. The quantitative estimate of drug-likeness (QED) is 0.498. The van der Waals surface area contributed by atoms with Gasteiger partial charge in [0.25, 0.3) is 0 Å². The summed E-state index contributed by atoms with van der Waals surface area (Å²) in [6, 6.07) is 12.7. The summed E-state index contributed by atoms with van der Waals surface area (Å²) in [7, 11) is 2.93. The molecule has 37 heavy (non-hydrogen) atoms. The Hall–Kier alpha value is -3.88. The van der Waals surface area contributed by atoms with Crippen LogP contribution in [0, 0.1) is 0 Å². The summed E-state index contributed by atoms with van der Waals surface area (Å²) < 4.78 is 10.5. The number of aryl methyl sites for hydroxylation is 2. The SMILES string of the molecule is COC(=O)CC1C(=O)N(C)Cc2cc(CCCc3nc4ccccc4[nH]3)ccc2N1C(=O)OC(C)(C)C. The van der Waals surface area contributed by atoms with Gasteiger partial charge in [-0.2, -0.15) is 0 Å². The van der Waals surface area contributed by atoms with E-state index in [0.717, 1.165) is 47.2 Å². The number of aromatic nitrogens is 2. The number of rotatable bonds is 6. The molecule has 9 nitrogen and oxygen atoms in total. The van der Waals surface area contributed by atoms with Crippen molar-refractivity contribution in [3.05, 3.63) is 59.4 Å². The number of benzene rings is 2. The third-order valence-electron chi connectivity index (χ3n) is 6.28. The second-order valence-electron chi connectivity index (χ2n) is 10.4. The van der Waals surface area contributed by atoms with Gasteiger partial charge in [-0.15, -0.1) is 0 Å². The van der Waals surface area contributed by atoms with E-state index < -0.39 is 23.7 Å². The number of imidazole rings is 1. The van der Waals surface area contributed by atoms with Gasteiger partial charge in [-0.25, -0.2) is 9.78 Å². The molecule has 9 heteroatoms. The lowest BCUT2D eigenvalue weighted by Crippen LogP contribution is -2.51. The summed E-state index contributed by atoms with van der Waals surface area (Å²) in [5.74, 6) is 0.0212. The minimum atomic E-state index is -1.06. The molecule has 4 rings (SSSR count). The number of nitrogens with one attached hydrogen (secondary N) is 1. The van der Waals surface area contributed by atoms with Gasteiger partial charge in [-0.1, -0.05) is 24.3 Å². The summed E-state index contributed by atoms with van der Waals surface area (Å²) in [6.07, 6.45) is 1.55. The fourth-order valence-corrected chi connectivity index (χ4v) is 4.56. The highest BCUT2D eigenvalue weighted by molar-refractivity contribution is 6.01. The molecule has 196 valence electrons. The van der Waals surface area contributed by atoms with Gasteiger partial charge in [-0.3, -0.25) is 14.5 Å². The number of amides is 2. The van der Waals surface area contributed by atoms with Crippen molar-refractivity contribution in [2.75, 3.05) is 19.1 Å². The summed E-state index contributed by atoms with van der Waals surface area (Å²) in [6.45, 7) is 5.59. The van der Waals surface area contributed by atoms with Crippen molar-refractivity contribution in [3.8, 4) is 0 Å². The number of hydrogen-bond donors (Lipinski definition) is 1. The van der Waals surface area contributed by atoms with E-state index >= 15 is 0 Å². The minimum Gasteiger partial charge on any atom is -0.469 e. The van der Waals surface area contributed by atoms with Crippen molar-refractivity contribution in [1.82, 2.24) is 14.9 Å². The van der Waals surface area contributed by atoms with E-state index in [4.69, 9.17) is 9.47 Å². The van der Waals surface area contributed by atoms with Crippen LogP contribution >= 0.6 is 0 Å². The molecule has 0 saturated carbocycles. The van der Waals surface area contributed by atoms with Crippen molar-refractivity contribution in [3.63, 3.8) is 0 Å². The highest BCUT2D eigenvalue weighted by Gasteiger charge is 2.40. The third kappa shape index (κ3) is 6.10. The van der Waals surface area contributed by atoms with E-state index in [-0.39, 0.29) is 12.3 Å². The van der Waals surface area contributed by atoms with Gasteiger partial charge in [0.1, 0.15) is 17.5 Å². The highest BCUT2D eigenvalue weighted by Crippen LogP contribution is 2.32. The zero-order valence-electron chi connectivity index (χ0n) is 22.0. The van der Waals surface area contributed by atoms with Gasteiger partial charge in [0.2, 0.25) is 5.91 Å². The molecule has 0 aliphatic carbocycles. The number of methoxy groups -OCH3 is 1. The molecular weight excluding hydrogens is 472 g/mol. The van der Waals surface area contributed by atoms with Gasteiger partial charge < -0.3 is 19.4 Å². The Morgan fingerprint density at radius 1 is 1.14 bits per heavy atom. The number of carbonyl (C=O) groups excluding carboxylic acids is 3. The number of H-pyrrole nitrogens is 1. The Labute approximate surface area is 216 Å². The van der Waals surface area contributed by atoms with Crippen molar-refractivity contribution >= 4 is 34.7 Å². The Morgan fingerprint density at radius 2 is 1.89 bits per heavy atom. The Bertz CT molecular complexity index is 1280. The van der Waals surface area contributed by atoms with E-state index in [1.54, 1.807) is 27.8 Å². The molecule has 2 amide bonds. The second-order valence-corrected chi connectivity index (χ2v) is 10.4. The van der Waals surface area contributed by atoms with Gasteiger partial charge >= 0.3 is 12.1 Å². The van der Waals surface area contributed by atoms with Crippen LogP contribution in [0.25, 0.3) is 11.0 Å². The van der Waals surface area contributed by atoms with Crippen LogP contribution in [-0.4, -0.2) is 58.6 Å². The first-order valence-electron chi connectivity index (χ1n) is 12.4. The van der Waals surface area contributed by atoms with Gasteiger partial charge in [0.15, 0.2) is 0 Å². The predicted octanol–water partition coefficient (Wildman–Crippen LogP) is 4.38. The Balaban J connectivity index is 1.59. The number of aromatic amines is 1. The summed E-state index contributed by atoms with van der Waals surface area (Å²) in [4.78, 5) is 49.6. The largest absolute Gasteiger partial charge is 0.469 e. The molecule has 0 fully saturated rings. The van der Waals surface area contributed by atoms with Crippen LogP contribution < -0.4 is 4.90 Å². The van der Waals surface area contributed by atoms with Crippen molar-refractivity contribution in [1.29, 1.82) is 0 Å². The monoisotopic (exact) mass is 506 g/mol. The number of ether oxygens (including phenoxy) is 2. The first-order valence-corrected chi connectivity index (χ1v) is 12.4. The molecule has 1 N–H and O–H groups in total. The second kappa shape index (κ2) is 10.6. The molecule has 1 aliphatic rings. The average Bonchev–Trinajstić information content (AvgIpc) is 3.21. The number of likely N-dealkylation sites (N-methyl/N-ethyl adjacent to an activating group) is 1. The summed E-state index contributed by atoms with van der Waals surface area (Å²) in [5, 5.41) is 0. The Kier molecular flexibility index (Phi) is 7.52. The van der Waals surface area contributed by atoms with Crippen molar-refractivity contribution in [2.45, 2.75) is 64.6 Å². The molecule has 1 aliphatic heterocycles. The van der Waals surface area contributed by atoms with E-state index in [1.165, 1.54) is 16.9 Å². The number of esters is 1. The number of fused-ring (bicyclic) bond motifs is 2. The topological polar surface area (TPSA) is 105 Å². The first kappa shape index (κ1) is 26.2. The Morgan fingerprint density at radius 3 is 2.59 bits per heavy atom. The first-order chi connectivity index (χ1) is 17.6. The molecule has 1 aromatic heterocycles. The number of carbonyl (C=O) groups is 3. The third-order valence-corrected chi connectivity index (χ3v) is 6.28. The van der Waals surface area contributed by atoms with Gasteiger partial charge in [0.05, 0.1) is 30.3 Å². The molecule has 0 bridgehead atoms. The summed E-state index contributed by atoms with van der Waals surface area (Å²) >= 11 is 0. The number of anilines is 1. The zero-order chi connectivity index (χ0) is 26.7. The predicted molar refractivity (Wildman–Crippen MR) is 140 cm³/mol.